The van der Waals surface area contributed by atoms with Gasteiger partial charge in [-0.1, -0.05) is 13.8 Å². The zero-order valence-corrected chi connectivity index (χ0v) is 20.1. The molecule has 4 aliphatic rings. The van der Waals surface area contributed by atoms with Gasteiger partial charge in [0.05, 0.1) is 13.0 Å². The number of esters is 1. The largest absolute Gasteiger partial charge is 0.469 e. The summed E-state index contributed by atoms with van der Waals surface area (Å²) in [5, 5.41) is 0. The van der Waals surface area contributed by atoms with Gasteiger partial charge in [0.2, 0.25) is 0 Å². The molecule has 4 aliphatic carbocycles. The van der Waals surface area contributed by atoms with Gasteiger partial charge in [-0.2, -0.15) is 0 Å². The maximum Gasteiger partial charge on any atom is 0.309 e. The van der Waals surface area contributed by atoms with Crippen molar-refractivity contribution in [3.8, 4) is 0 Å². The molecular weight excluding hydrogens is 364 g/mol. The van der Waals surface area contributed by atoms with Crippen molar-refractivity contribution in [2.24, 2.45) is 40.4 Å². The maximum absolute atomic E-state index is 12.4. The van der Waals surface area contributed by atoms with Gasteiger partial charge in [0.15, 0.2) is 8.32 Å². The first kappa shape index (κ1) is 20.9. The van der Waals surface area contributed by atoms with E-state index in [9.17, 15) is 4.79 Å². The highest BCUT2D eigenvalue weighted by Gasteiger charge is 2.61. The van der Waals surface area contributed by atoms with E-state index < -0.39 is 8.32 Å². The molecule has 0 spiro atoms. The minimum atomic E-state index is -1.45. The van der Waals surface area contributed by atoms with E-state index in [0.29, 0.717) is 11.5 Å². The van der Waals surface area contributed by atoms with Gasteiger partial charge >= 0.3 is 5.97 Å². The molecule has 0 aromatic carbocycles. The standard InChI is InChI=1S/C24H42O3Si/c1-23-13-11-17(27-28(4,5)6)15-16(23)7-8-18-19-9-10-21(22(25)26-3)24(19,2)14-12-20(18)23/h16-21H,7-15H2,1-6H3/t16-,17+,18?,19?,20?,21+,23-,24-/m0/s1. The van der Waals surface area contributed by atoms with E-state index in [2.05, 4.69) is 33.5 Å². The van der Waals surface area contributed by atoms with E-state index in [1.807, 2.05) is 0 Å². The Kier molecular flexibility index (Phi) is 5.31. The lowest BCUT2D eigenvalue weighted by atomic mass is 9.44. The van der Waals surface area contributed by atoms with E-state index in [1.165, 1.54) is 51.4 Å². The molecule has 4 rings (SSSR count). The SMILES string of the molecule is COC(=O)[C@H]1CCC2C3CC[C@H]4C[C@H](O[Si](C)(C)C)CC[C@]4(C)C3CC[C@@]21C. The van der Waals surface area contributed by atoms with Crippen LogP contribution in [0.5, 0.6) is 0 Å². The molecule has 3 unspecified atom stereocenters. The van der Waals surface area contributed by atoms with Gasteiger partial charge in [-0.05, 0) is 112 Å². The molecule has 0 amide bonds. The van der Waals surface area contributed by atoms with E-state index in [0.717, 1.165) is 30.1 Å². The van der Waals surface area contributed by atoms with Crippen molar-refractivity contribution in [3.63, 3.8) is 0 Å². The predicted octanol–water partition coefficient (Wildman–Crippen LogP) is 6.04. The second kappa shape index (κ2) is 7.11. The van der Waals surface area contributed by atoms with Crippen LogP contribution >= 0.6 is 0 Å². The first-order valence-electron chi connectivity index (χ1n) is 11.8. The molecule has 0 N–H and O–H groups in total. The summed E-state index contributed by atoms with van der Waals surface area (Å²) < 4.78 is 11.7. The summed E-state index contributed by atoms with van der Waals surface area (Å²) in [6.45, 7) is 12.0. The van der Waals surface area contributed by atoms with Crippen LogP contribution in [0.3, 0.4) is 0 Å². The van der Waals surface area contributed by atoms with Gasteiger partial charge in [-0.15, -0.1) is 0 Å². The number of hydrogen-bond donors (Lipinski definition) is 0. The Morgan fingerprint density at radius 3 is 2.25 bits per heavy atom. The zero-order chi connectivity index (χ0) is 20.3. The lowest BCUT2D eigenvalue weighted by Crippen LogP contribution is -2.55. The highest BCUT2D eigenvalue weighted by atomic mass is 28.4. The number of methoxy groups -OCH3 is 1. The number of fused-ring (bicyclic) bond motifs is 5. The van der Waals surface area contributed by atoms with Crippen LogP contribution in [0.4, 0.5) is 0 Å². The summed E-state index contributed by atoms with van der Waals surface area (Å²) in [6, 6.07) is 0. The Bertz CT molecular complexity index is 613. The van der Waals surface area contributed by atoms with Gasteiger partial charge in [-0.25, -0.2) is 0 Å². The van der Waals surface area contributed by atoms with Crippen molar-refractivity contribution in [2.75, 3.05) is 7.11 Å². The van der Waals surface area contributed by atoms with Crippen LogP contribution < -0.4 is 0 Å². The maximum atomic E-state index is 12.4. The third kappa shape index (κ3) is 3.31. The van der Waals surface area contributed by atoms with Crippen LogP contribution in [0.1, 0.15) is 71.6 Å². The second-order valence-electron chi connectivity index (χ2n) is 12.0. The van der Waals surface area contributed by atoms with Gasteiger partial charge in [0, 0.05) is 6.10 Å². The first-order chi connectivity index (χ1) is 13.1. The minimum Gasteiger partial charge on any atom is -0.469 e. The summed E-state index contributed by atoms with van der Waals surface area (Å²) in [4.78, 5) is 12.4. The molecule has 8 atom stereocenters. The molecule has 0 saturated heterocycles. The molecule has 0 aliphatic heterocycles. The Balaban J connectivity index is 1.51. The number of carbonyl (C=O) groups is 1. The Morgan fingerprint density at radius 1 is 0.893 bits per heavy atom. The van der Waals surface area contributed by atoms with Crippen molar-refractivity contribution in [3.05, 3.63) is 0 Å². The molecule has 0 radical (unpaired) electrons. The highest BCUT2D eigenvalue weighted by Crippen LogP contribution is 2.67. The van der Waals surface area contributed by atoms with Crippen molar-refractivity contribution in [2.45, 2.75) is 97.4 Å². The van der Waals surface area contributed by atoms with E-state index in [-0.39, 0.29) is 17.3 Å². The van der Waals surface area contributed by atoms with Crippen LogP contribution in [0.2, 0.25) is 19.6 Å². The fourth-order valence-electron chi connectivity index (χ4n) is 8.36. The van der Waals surface area contributed by atoms with Gasteiger partial charge in [-0.3, -0.25) is 4.79 Å². The molecule has 0 aromatic rings. The average molecular weight is 407 g/mol. The lowest BCUT2D eigenvalue weighted by molar-refractivity contribution is -0.157. The van der Waals surface area contributed by atoms with Gasteiger partial charge < -0.3 is 9.16 Å². The fraction of sp³-hybridized carbons (Fsp3) is 0.958. The molecule has 4 heteroatoms. The molecule has 0 heterocycles. The van der Waals surface area contributed by atoms with Crippen LogP contribution in [0.25, 0.3) is 0 Å². The van der Waals surface area contributed by atoms with Crippen LogP contribution in [-0.4, -0.2) is 27.5 Å². The van der Waals surface area contributed by atoms with Gasteiger partial charge in [0.25, 0.3) is 0 Å². The third-order valence-corrected chi connectivity index (χ3v) is 10.7. The topological polar surface area (TPSA) is 35.5 Å². The first-order valence-corrected chi connectivity index (χ1v) is 15.2. The van der Waals surface area contributed by atoms with Crippen LogP contribution in [0, 0.1) is 40.4 Å². The van der Waals surface area contributed by atoms with Crippen molar-refractivity contribution < 1.29 is 14.0 Å². The molecule has 0 aromatic heterocycles. The predicted molar refractivity (Wildman–Crippen MR) is 115 cm³/mol. The fourth-order valence-corrected chi connectivity index (χ4v) is 9.57. The normalized spacial score (nSPS) is 48.4. The van der Waals surface area contributed by atoms with Crippen LogP contribution in [0.15, 0.2) is 0 Å². The smallest absolute Gasteiger partial charge is 0.309 e. The minimum absolute atomic E-state index is 0.0485. The Morgan fingerprint density at radius 2 is 1.57 bits per heavy atom. The molecule has 0 bridgehead atoms. The summed E-state index contributed by atoms with van der Waals surface area (Å²) >= 11 is 0. The van der Waals surface area contributed by atoms with Crippen molar-refractivity contribution in [1.82, 2.24) is 0 Å². The van der Waals surface area contributed by atoms with Crippen molar-refractivity contribution in [1.29, 1.82) is 0 Å². The number of carbonyl (C=O) groups excluding carboxylic acids is 1. The van der Waals surface area contributed by atoms with Crippen molar-refractivity contribution >= 4 is 14.3 Å². The lowest BCUT2D eigenvalue weighted by Gasteiger charge is -2.61. The summed E-state index contributed by atoms with van der Waals surface area (Å²) in [5.41, 5.74) is 0.669. The quantitative estimate of drug-likeness (QED) is 0.423. The molecule has 4 saturated carbocycles. The van der Waals surface area contributed by atoms with E-state index >= 15 is 0 Å². The third-order valence-electron chi connectivity index (χ3n) is 9.62. The molecular formula is C24H42O3Si. The van der Waals surface area contributed by atoms with Gasteiger partial charge in [0.1, 0.15) is 0 Å². The molecule has 28 heavy (non-hydrogen) atoms. The number of hydrogen-bond acceptors (Lipinski definition) is 3. The second-order valence-corrected chi connectivity index (χ2v) is 16.4. The number of rotatable bonds is 3. The summed E-state index contributed by atoms with van der Waals surface area (Å²) in [5.74, 6) is 3.43. The molecule has 3 nitrogen and oxygen atoms in total. The molecule has 4 fully saturated rings. The number of ether oxygens (including phenoxy) is 1. The zero-order valence-electron chi connectivity index (χ0n) is 19.1. The summed E-state index contributed by atoms with van der Waals surface area (Å²) in [7, 11) is 0.114. The Labute approximate surface area is 173 Å². The summed E-state index contributed by atoms with van der Waals surface area (Å²) in [6.07, 6.45) is 12.0. The van der Waals surface area contributed by atoms with E-state index in [1.54, 1.807) is 7.11 Å². The average Bonchev–Trinajstić information content (AvgIpc) is 2.97. The van der Waals surface area contributed by atoms with E-state index in [4.69, 9.17) is 9.16 Å². The Hall–Kier alpha value is -0.353. The highest BCUT2D eigenvalue weighted by molar-refractivity contribution is 6.69. The van der Waals surface area contributed by atoms with Crippen LogP contribution in [-0.2, 0) is 14.0 Å². The molecule has 160 valence electrons. The monoisotopic (exact) mass is 406 g/mol.